The highest BCUT2D eigenvalue weighted by Crippen LogP contribution is 2.44. The van der Waals surface area contributed by atoms with Crippen molar-refractivity contribution in [2.45, 2.75) is 89.1 Å². The highest BCUT2D eigenvalue weighted by atomic mass is 16.6. The molecule has 0 N–H and O–H groups in total. The average molecular weight is 293 g/mol. The van der Waals surface area contributed by atoms with E-state index in [1.165, 1.54) is 57.8 Å². The molecular formula is C18H31NO2. The van der Waals surface area contributed by atoms with Gasteiger partial charge >= 0.3 is 6.09 Å². The number of likely N-dealkylation sites (tertiary alicyclic amines) is 1. The summed E-state index contributed by atoms with van der Waals surface area (Å²) >= 11 is 0. The molecule has 2 saturated carbocycles. The number of nitrogens with zero attached hydrogens (tertiary/aromatic N) is 1. The van der Waals surface area contributed by atoms with E-state index in [2.05, 4.69) is 0 Å². The van der Waals surface area contributed by atoms with Crippen molar-refractivity contribution in [1.29, 1.82) is 0 Å². The quantitative estimate of drug-likeness (QED) is 0.725. The molecule has 2 aliphatic carbocycles. The molecule has 0 aromatic rings. The van der Waals surface area contributed by atoms with Crippen LogP contribution in [-0.4, -0.2) is 29.7 Å². The van der Waals surface area contributed by atoms with Crippen molar-refractivity contribution in [3.8, 4) is 0 Å². The van der Waals surface area contributed by atoms with Gasteiger partial charge in [-0.3, -0.25) is 0 Å². The van der Waals surface area contributed by atoms with Gasteiger partial charge in [0.25, 0.3) is 0 Å². The van der Waals surface area contributed by atoms with Crippen LogP contribution in [0.1, 0.15) is 83.5 Å². The fraction of sp³-hybridized carbons (Fsp3) is 0.944. The molecule has 3 fully saturated rings. The van der Waals surface area contributed by atoms with Gasteiger partial charge in [-0.1, -0.05) is 25.7 Å². The van der Waals surface area contributed by atoms with Gasteiger partial charge in [0.1, 0.15) is 5.60 Å². The molecule has 0 aromatic heterocycles. The summed E-state index contributed by atoms with van der Waals surface area (Å²) < 4.78 is 6.24. The summed E-state index contributed by atoms with van der Waals surface area (Å²) in [6.45, 7) is 1.80. The smallest absolute Gasteiger partial charge is 0.410 e. The van der Waals surface area contributed by atoms with E-state index >= 15 is 0 Å². The number of carbonyl (C=O) groups excluding carboxylic acids is 1. The number of amides is 1. The van der Waals surface area contributed by atoms with Crippen molar-refractivity contribution in [2.24, 2.45) is 5.92 Å². The van der Waals surface area contributed by atoms with Gasteiger partial charge in [-0.2, -0.15) is 0 Å². The minimum Gasteiger partial charge on any atom is -0.443 e. The topological polar surface area (TPSA) is 29.5 Å². The zero-order valence-corrected chi connectivity index (χ0v) is 13.4. The maximum absolute atomic E-state index is 12.6. The Labute approximate surface area is 129 Å². The normalized spacial score (nSPS) is 27.3. The molecule has 0 unspecified atom stereocenters. The van der Waals surface area contributed by atoms with E-state index in [0.29, 0.717) is 5.92 Å². The fourth-order valence-electron chi connectivity index (χ4n) is 4.69. The predicted molar refractivity (Wildman–Crippen MR) is 84.3 cm³/mol. The van der Waals surface area contributed by atoms with Crippen LogP contribution in [0, 0.1) is 5.92 Å². The maximum Gasteiger partial charge on any atom is 0.410 e. The Morgan fingerprint density at radius 2 is 1.38 bits per heavy atom. The molecule has 120 valence electrons. The molecule has 1 aliphatic heterocycles. The number of piperidine rings is 1. The molecule has 3 aliphatic rings. The molecule has 3 rings (SSSR count). The average Bonchev–Trinajstić information content (AvgIpc) is 2.57. The predicted octanol–water partition coefficient (Wildman–Crippen LogP) is 4.89. The van der Waals surface area contributed by atoms with Crippen molar-refractivity contribution in [2.75, 3.05) is 13.1 Å². The zero-order valence-electron chi connectivity index (χ0n) is 13.4. The Bertz CT molecular complexity index is 337. The molecule has 0 atom stereocenters. The van der Waals surface area contributed by atoms with E-state index in [1.807, 2.05) is 4.90 Å². The first kappa shape index (κ1) is 15.2. The third kappa shape index (κ3) is 3.54. The van der Waals surface area contributed by atoms with Gasteiger partial charge in [0.15, 0.2) is 0 Å². The van der Waals surface area contributed by atoms with Crippen molar-refractivity contribution < 1.29 is 9.53 Å². The first-order chi connectivity index (χ1) is 10.3. The van der Waals surface area contributed by atoms with Crippen LogP contribution < -0.4 is 0 Å². The van der Waals surface area contributed by atoms with Crippen LogP contribution in [-0.2, 0) is 4.74 Å². The Hall–Kier alpha value is -0.730. The number of rotatable bonds is 2. The molecule has 3 nitrogen and oxygen atoms in total. The van der Waals surface area contributed by atoms with Crippen molar-refractivity contribution in [3.63, 3.8) is 0 Å². The summed E-state index contributed by atoms with van der Waals surface area (Å²) in [6.07, 6.45) is 16.1. The van der Waals surface area contributed by atoms with Gasteiger partial charge in [-0.05, 0) is 63.7 Å². The zero-order chi connectivity index (χ0) is 14.5. The lowest BCUT2D eigenvalue weighted by atomic mass is 9.69. The van der Waals surface area contributed by atoms with E-state index in [0.717, 1.165) is 38.8 Å². The summed E-state index contributed by atoms with van der Waals surface area (Å²) in [7, 11) is 0. The van der Waals surface area contributed by atoms with Crippen LogP contribution >= 0.6 is 0 Å². The third-order valence-corrected chi connectivity index (χ3v) is 5.95. The van der Waals surface area contributed by atoms with Crippen LogP contribution in [0.5, 0.6) is 0 Å². The second kappa shape index (κ2) is 7.02. The second-order valence-corrected chi connectivity index (χ2v) is 7.38. The molecule has 1 amide bonds. The minimum atomic E-state index is -0.118. The lowest BCUT2D eigenvalue weighted by Gasteiger charge is -2.45. The summed E-state index contributed by atoms with van der Waals surface area (Å²) in [6, 6.07) is 0. The molecule has 0 bridgehead atoms. The van der Waals surface area contributed by atoms with E-state index in [-0.39, 0.29) is 11.7 Å². The van der Waals surface area contributed by atoms with Gasteiger partial charge in [-0.25, -0.2) is 4.79 Å². The number of carbonyl (C=O) groups is 1. The Morgan fingerprint density at radius 1 is 0.810 bits per heavy atom. The van der Waals surface area contributed by atoms with Gasteiger partial charge < -0.3 is 9.64 Å². The Balaban J connectivity index is 1.67. The van der Waals surface area contributed by atoms with Crippen LogP contribution in [0.25, 0.3) is 0 Å². The standard InChI is InChI=1S/C18H31NO2/c20-17(19-14-8-3-9-15-19)21-18(12-6-2-7-13-18)16-10-4-1-5-11-16/h16H,1-15H2. The van der Waals surface area contributed by atoms with E-state index in [9.17, 15) is 4.79 Å². The van der Waals surface area contributed by atoms with Gasteiger partial charge in [0.05, 0.1) is 0 Å². The van der Waals surface area contributed by atoms with Crippen molar-refractivity contribution in [1.82, 2.24) is 4.90 Å². The highest BCUT2D eigenvalue weighted by molar-refractivity contribution is 5.68. The molecule has 0 spiro atoms. The fourth-order valence-corrected chi connectivity index (χ4v) is 4.69. The lowest BCUT2D eigenvalue weighted by molar-refractivity contribution is -0.0832. The Morgan fingerprint density at radius 3 is 2.05 bits per heavy atom. The molecular weight excluding hydrogens is 262 g/mol. The highest BCUT2D eigenvalue weighted by Gasteiger charge is 2.44. The van der Waals surface area contributed by atoms with Crippen LogP contribution in [0.15, 0.2) is 0 Å². The molecule has 1 saturated heterocycles. The first-order valence-electron chi connectivity index (χ1n) is 9.28. The summed E-state index contributed by atoms with van der Waals surface area (Å²) in [4.78, 5) is 14.6. The summed E-state index contributed by atoms with van der Waals surface area (Å²) in [5, 5.41) is 0. The molecule has 0 radical (unpaired) electrons. The van der Waals surface area contributed by atoms with Gasteiger partial charge in [-0.15, -0.1) is 0 Å². The largest absolute Gasteiger partial charge is 0.443 e. The third-order valence-electron chi connectivity index (χ3n) is 5.95. The molecule has 21 heavy (non-hydrogen) atoms. The van der Waals surface area contributed by atoms with E-state index in [1.54, 1.807) is 0 Å². The molecule has 1 heterocycles. The van der Waals surface area contributed by atoms with Crippen LogP contribution in [0.4, 0.5) is 4.79 Å². The monoisotopic (exact) mass is 293 g/mol. The van der Waals surface area contributed by atoms with E-state index < -0.39 is 0 Å². The first-order valence-corrected chi connectivity index (χ1v) is 9.28. The number of hydrogen-bond donors (Lipinski definition) is 0. The van der Waals surface area contributed by atoms with Crippen LogP contribution in [0.2, 0.25) is 0 Å². The van der Waals surface area contributed by atoms with Crippen molar-refractivity contribution in [3.05, 3.63) is 0 Å². The van der Waals surface area contributed by atoms with Gasteiger partial charge in [0, 0.05) is 13.1 Å². The Kier molecular flexibility index (Phi) is 5.07. The maximum atomic E-state index is 12.6. The minimum absolute atomic E-state index is 0.0119. The van der Waals surface area contributed by atoms with Gasteiger partial charge in [0.2, 0.25) is 0 Å². The van der Waals surface area contributed by atoms with Crippen LogP contribution in [0.3, 0.4) is 0 Å². The SMILES string of the molecule is O=C(OC1(C2CCCCC2)CCCCC1)N1CCCCC1. The van der Waals surface area contributed by atoms with E-state index in [4.69, 9.17) is 4.74 Å². The summed E-state index contributed by atoms with van der Waals surface area (Å²) in [5.74, 6) is 0.625. The number of ether oxygens (including phenoxy) is 1. The summed E-state index contributed by atoms with van der Waals surface area (Å²) in [5.41, 5.74) is -0.118. The molecule has 0 aromatic carbocycles. The molecule has 3 heteroatoms. The number of hydrogen-bond acceptors (Lipinski definition) is 2. The second-order valence-electron chi connectivity index (χ2n) is 7.38. The lowest BCUT2D eigenvalue weighted by Crippen LogP contribution is -2.49. The van der Waals surface area contributed by atoms with Crippen molar-refractivity contribution >= 4 is 6.09 Å².